The monoisotopic (exact) mass is 558 g/mol. The summed E-state index contributed by atoms with van der Waals surface area (Å²) in [5.74, 6) is 0.162. The molecule has 1 atom stereocenters. The molecule has 0 aliphatic carbocycles. The highest BCUT2D eigenvalue weighted by Gasteiger charge is 2.14. The molecule has 0 bridgehead atoms. The van der Waals surface area contributed by atoms with Crippen LogP contribution in [0.15, 0.2) is 60.7 Å². The van der Waals surface area contributed by atoms with Gasteiger partial charge in [0.15, 0.2) is 5.78 Å². The molecule has 41 heavy (non-hydrogen) atoms. The summed E-state index contributed by atoms with van der Waals surface area (Å²) < 4.78 is 13.2. The highest BCUT2D eigenvalue weighted by molar-refractivity contribution is 5.96. The third-order valence-corrected chi connectivity index (χ3v) is 7.46. The van der Waals surface area contributed by atoms with Crippen LogP contribution >= 0.6 is 0 Å². The fourth-order valence-electron chi connectivity index (χ4n) is 5.19. The maximum Gasteiger partial charge on any atom is 0.251 e. The summed E-state index contributed by atoms with van der Waals surface area (Å²) in [7, 11) is 2.05. The minimum atomic E-state index is -0.266. The van der Waals surface area contributed by atoms with Gasteiger partial charge in [-0.15, -0.1) is 0 Å². The largest absolute Gasteiger partial charge is 0.396 e. The number of nitrogens with zero attached hydrogens (tertiary/aromatic N) is 1. The Labute approximate surface area is 243 Å². The predicted octanol–water partition coefficient (Wildman–Crippen LogP) is 5.46. The van der Waals surface area contributed by atoms with Crippen molar-refractivity contribution in [3.8, 4) is 11.1 Å². The average Bonchev–Trinajstić information content (AvgIpc) is 2.96. The first-order chi connectivity index (χ1) is 19.7. The van der Waals surface area contributed by atoms with Gasteiger partial charge in [-0.3, -0.25) is 9.59 Å². The van der Waals surface area contributed by atoms with Crippen molar-refractivity contribution in [2.45, 2.75) is 52.4 Å². The van der Waals surface area contributed by atoms with Crippen molar-refractivity contribution in [2.75, 3.05) is 26.7 Å². The molecule has 0 radical (unpaired) electrons. The van der Waals surface area contributed by atoms with Crippen LogP contribution in [0.2, 0.25) is 0 Å². The Bertz CT molecular complexity index is 1400. The number of rotatable bonds is 15. The summed E-state index contributed by atoms with van der Waals surface area (Å²) in [5, 5.41) is 13.6. The molecule has 0 fully saturated rings. The number of amides is 1. The lowest BCUT2D eigenvalue weighted by Gasteiger charge is -2.23. The molecule has 6 heteroatoms. The third-order valence-electron chi connectivity index (χ3n) is 7.46. The Morgan fingerprint density at radius 3 is 2.29 bits per heavy atom. The SMILES string of the molecule is C=c1ccc(C(=O)NCCCO)c(C)/c1=C/N(C)CC(CCC)CCCC(=O)c1ccc(-c2ccc(F)cc2)cc1. The third kappa shape index (κ3) is 9.39. The summed E-state index contributed by atoms with van der Waals surface area (Å²) >= 11 is 0. The highest BCUT2D eigenvalue weighted by atomic mass is 19.1. The number of aliphatic hydroxyl groups excluding tert-OH is 1. The summed E-state index contributed by atoms with van der Waals surface area (Å²) in [4.78, 5) is 27.7. The number of aliphatic hydroxyl groups is 1. The normalized spacial score (nSPS) is 12.3. The van der Waals surface area contributed by atoms with E-state index >= 15 is 0 Å². The maximum absolute atomic E-state index is 13.2. The van der Waals surface area contributed by atoms with Gasteiger partial charge in [-0.1, -0.05) is 62.4 Å². The van der Waals surface area contributed by atoms with Gasteiger partial charge in [-0.2, -0.15) is 0 Å². The van der Waals surface area contributed by atoms with E-state index in [1.54, 1.807) is 18.2 Å². The fraction of sp³-hybridized carbons (Fsp3) is 0.371. The Hall–Kier alpha value is -3.77. The van der Waals surface area contributed by atoms with Crippen LogP contribution in [-0.2, 0) is 0 Å². The lowest BCUT2D eigenvalue weighted by molar-refractivity contribution is 0.0948. The van der Waals surface area contributed by atoms with Gasteiger partial charge in [0.2, 0.25) is 0 Å². The smallest absolute Gasteiger partial charge is 0.251 e. The maximum atomic E-state index is 13.2. The van der Waals surface area contributed by atoms with Crippen molar-refractivity contribution >= 4 is 24.5 Å². The Morgan fingerprint density at radius 1 is 1.00 bits per heavy atom. The molecule has 0 aliphatic heterocycles. The Kier molecular flexibility index (Phi) is 12.3. The molecule has 218 valence electrons. The standard InChI is InChI=1S/C35H43FN2O3/c1-5-8-27(9-6-10-34(40)30-14-12-28(13-15-30)29-16-18-31(36)19-17-29)23-38(4)24-33-25(2)11-20-32(26(33)3)35(41)37-21-7-22-39/h11-20,24,27,39H,2,5-10,21-23H2,1,3-4H3,(H,37,41)/b33-24+. The van der Waals surface area contributed by atoms with Crippen LogP contribution in [0.1, 0.15) is 71.7 Å². The van der Waals surface area contributed by atoms with Gasteiger partial charge < -0.3 is 15.3 Å². The number of carbonyl (C=O) groups excluding carboxylic acids is 2. The van der Waals surface area contributed by atoms with Crippen LogP contribution in [0.25, 0.3) is 23.9 Å². The van der Waals surface area contributed by atoms with E-state index in [9.17, 15) is 14.0 Å². The van der Waals surface area contributed by atoms with Crippen LogP contribution < -0.4 is 15.8 Å². The number of hydrogen-bond acceptors (Lipinski definition) is 4. The first-order valence-corrected chi connectivity index (χ1v) is 14.5. The minimum Gasteiger partial charge on any atom is -0.396 e. The topological polar surface area (TPSA) is 69.6 Å². The quantitative estimate of drug-likeness (QED) is 0.192. The Morgan fingerprint density at radius 2 is 1.66 bits per heavy atom. The lowest BCUT2D eigenvalue weighted by atomic mass is 9.94. The lowest BCUT2D eigenvalue weighted by Crippen LogP contribution is -2.35. The van der Waals surface area contributed by atoms with Crippen molar-refractivity contribution in [3.05, 3.63) is 93.6 Å². The molecule has 0 saturated carbocycles. The van der Waals surface area contributed by atoms with Crippen molar-refractivity contribution < 1.29 is 19.1 Å². The van der Waals surface area contributed by atoms with E-state index < -0.39 is 0 Å². The molecular formula is C35H43FN2O3. The van der Waals surface area contributed by atoms with Gasteiger partial charge in [0, 0.05) is 55.7 Å². The zero-order valence-electron chi connectivity index (χ0n) is 24.6. The van der Waals surface area contributed by atoms with Gasteiger partial charge in [-0.05, 0) is 78.6 Å². The summed E-state index contributed by atoms with van der Waals surface area (Å²) in [5.41, 5.74) is 4.07. The van der Waals surface area contributed by atoms with Gasteiger partial charge in [0.25, 0.3) is 5.91 Å². The second-order valence-corrected chi connectivity index (χ2v) is 10.8. The van der Waals surface area contributed by atoms with Gasteiger partial charge in [0.1, 0.15) is 5.82 Å². The molecule has 2 N–H and O–H groups in total. The van der Waals surface area contributed by atoms with Gasteiger partial charge >= 0.3 is 0 Å². The molecular weight excluding hydrogens is 515 g/mol. The highest BCUT2D eigenvalue weighted by Crippen LogP contribution is 2.22. The minimum absolute atomic E-state index is 0.0416. The van der Waals surface area contributed by atoms with Crippen molar-refractivity contribution in [1.29, 1.82) is 0 Å². The molecule has 0 spiro atoms. The molecule has 1 unspecified atom stereocenters. The second-order valence-electron chi connectivity index (χ2n) is 10.8. The molecule has 5 nitrogen and oxygen atoms in total. The molecule has 0 heterocycles. The number of benzene rings is 3. The fourth-order valence-corrected chi connectivity index (χ4v) is 5.19. The number of halogens is 1. The van der Waals surface area contributed by atoms with Gasteiger partial charge in [-0.25, -0.2) is 4.39 Å². The molecule has 3 aromatic rings. The van der Waals surface area contributed by atoms with E-state index in [0.29, 0.717) is 36.4 Å². The van der Waals surface area contributed by atoms with E-state index in [2.05, 4.69) is 29.9 Å². The van der Waals surface area contributed by atoms with Crippen molar-refractivity contribution in [2.24, 2.45) is 5.92 Å². The van der Waals surface area contributed by atoms with Crippen LogP contribution in [0, 0.1) is 18.7 Å². The van der Waals surface area contributed by atoms with Gasteiger partial charge in [0.05, 0.1) is 0 Å². The summed E-state index contributed by atoms with van der Waals surface area (Å²) in [6.07, 6.45) is 7.00. The molecule has 0 saturated heterocycles. The summed E-state index contributed by atoms with van der Waals surface area (Å²) in [6, 6.07) is 17.6. The summed E-state index contributed by atoms with van der Waals surface area (Å²) in [6.45, 7) is 9.62. The molecule has 0 aromatic heterocycles. The first-order valence-electron chi connectivity index (χ1n) is 14.5. The van der Waals surface area contributed by atoms with Crippen LogP contribution in [0.4, 0.5) is 4.39 Å². The van der Waals surface area contributed by atoms with E-state index in [4.69, 9.17) is 5.11 Å². The van der Waals surface area contributed by atoms with Crippen molar-refractivity contribution in [3.63, 3.8) is 0 Å². The predicted molar refractivity (Wildman–Crippen MR) is 165 cm³/mol. The Balaban J connectivity index is 1.59. The number of hydrogen-bond donors (Lipinski definition) is 2. The molecule has 1 amide bonds. The number of carbonyl (C=O) groups is 2. The first kappa shape index (κ1) is 31.8. The van der Waals surface area contributed by atoms with Crippen molar-refractivity contribution in [1.82, 2.24) is 10.2 Å². The number of ketones is 1. The average molecular weight is 559 g/mol. The molecule has 3 aromatic carbocycles. The van der Waals surface area contributed by atoms with E-state index in [0.717, 1.165) is 59.4 Å². The number of Topliss-reactive ketones (excluding diaryl/α,β-unsaturated/α-hetero) is 1. The van der Waals surface area contributed by atoms with Crippen LogP contribution in [0.5, 0.6) is 0 Å². The molecule has 0 aliphatic rings. The molecule has 3 rings (SSSR count). The van der Waals surface area contributed by atoms with E-state index in [1.807, 2.05) is 44.3 Å². The van der Waals surface area contributed by atoms with E-state index in [-0.39, 0.29) is 24.1 Å². The van der Waals surface area contributed by atoms with E-state index in [1.165, 1.54) is 12.1 Å². The zero-order valence-corrected chi connectivity index (χ0v) is 24.6. The number of nitrogens with one attached hydrogen (secondary N) is 1. The van der Waals surface area contributed by atoms with Crippen LogP contribution in [-0.4, -0.2) is 48.4 Å². The van der Waals surface area contributed by atoms with Crippen LogP contribution in [0.3, 0.4) is 0 Å². The zero-order chi connectivity index (χ0) is 29.8. The second kappa shape index (κ2) is 15.9.